The van der Waals surface area contributed by atoms with Crippen LogP contribution in [0.5, 0.6) is 0 Å². The summed E-state index contributed by atoms with van der Waals surface area (Å²) in [4.78, 5) is 40.5. The van der Waals surface area contributed by atoms with Crippen molar-refractivity contribution in [2.45, 2.75) is 92.0 Å². The van der Waals surface area contributed by atoms with E-state index < -0.39 is 29.3 Å². The fourth-order valence-electron chi connectivity index (χ4n) is 3.25. The summed E-state index contributed by atoms with van der Waals surface area (Å²) in [6.45, 7) is 16.9. The number of carbonyl (C=O) groups excluding carboxylic acids is 3. The molecular formula is C25H41N3O4. The van der Waals surface area contributed by atoms with Gasteiger partial charge in [-0.2, -0.15) is 0 Å². The summed E-state index contributed by atoms with van der Waals surface area (Å²) >= 11 is 0. The van der Waals surface area contributed by atoms with Crippen LogP contribution in [0.2, 0.25) is 0 Å². The fraction of sp³-hybridized carbons (Fsp3) is 0.640. The lowest BCUT2D eigenvalue weighted by atomic mass is 9.98. The van der Waals surface area contributed by atoms with Crippen LogP contribution in [-0.4, -0.2) is 47.0 Å². The van der Waals surface area contributed by atoms with Crippen LogP contribution in [0.4, 0.5) is 4.79 Å². The van der Waals surface area contributed by atoms with Crippen molar-refractivity contribution in [3.63, 3.8) is 0 Å². The van der Waals surface area contributed by atoms with E-state index in [4.69, 9.17) is 4.74 Å². The van der Waals surface area contributed by atoms with E-state index in [0.717, 1.165) is 5.56 Å². The molecule has 0 aliphatic rings. The molecule has 0 heterocycles. The first-order valence-electron chi connectivity index (χ1n) is 11.1. The zero-order chi connectivity index (χ0) is 24.9. The Morgan fingerprint density at radius 3 is 1.97 bits per heavy atom. The van der Waals surface area contributed by atoms with Gasteiger partial charge < -0.3 is 20.3 Å². The Morgan fingerprint density at radius 2 is 1.53 bits per heavy atom. The van der Waals surface area contributed by atoms with Gasteiger partial charge in [-0.1, -0.05) is 43.7 Å². The van der Waals surface area contributed by atoms with E-state index in [-0.39, 0.29) is 17.7 Å². The van der Waals surface area contributed by atoms with E-state index in [1.165, 1.54) is 4.90 Å². The van der Waals surface area contributed by atoms with Crippen LogP contribution >= 0.6 is 0 Å². The van der Waals surface area contributed by atoms with Gasteiger partial charge in [0.25, 0.3) is 0 Å². The quantitative estimate of drug-likeness (QED) is 0.650. The number of aryl methyl sites for hydroxylation is 1. The topological polar surface area (TPSA) is 87.7 Å². The Morgan fingerprint density at radius 1 is 1.00 bits per heavy atom. The van der Waals surface area contributed by atoms with E-state index in [2.05, 4.69) is 10.6 Å². The average molecular weight is 448 g/mol. The summed E-state index contributed by atoms with van der Waals surface area (Å²) in [7, 11) is 1.60. The van der Waals surface area contributed by atoms with Crippen LogP contribution in [0, 0.1) is 12.8 Å². The third-order valence-corrected chi connectivity index (χ3v) is 4.57. The maximum absolute atomic E-state index is 13.5. The number of likely N-dealkylation sites (N-methyl/N-ethyl adjacent to an activating group) is 1. The Kier molecular flexibility index (Phi) is 9.30. The van der Waals surface area contributed by atoms with Crippen molar-refractivity contribution < 1.29 is 19.1 Å². The molecule has 7 nitrogen and oxygen atoms in total. The molecule has 0 fully saturated rings. The van der Waals surface area contributed by atoms with Crippen LogP contribution in [0.3, 0.4) is 0 Å². The van der Waals surface area contributed by atoms with Crippen LogP contribution in [0.15, 0.2) is 24.3 Å². The molecule has 2 atom stereocenters. The number of carbonyl (C=O) groups is 3. The maximum Gasteiger partial charge on any atom is 0.408 e. The minimum atomic E-state index is -0.836. The molecule has 0 aromatic heterocycles. The Balaban J connectivity index is 3.25. The average Bonchev–Trinajstić information content (AvgIpc) is 2.58. The monoisotopic (exact) mass is 447 g/mol. The lowest BCUT2D eigenvalue weighted by molar-refractivity contribution is -0.141. The molecule has 0 saturated carbocycles. The minimum absolute atomic E-state index is 0.147. The summed E-state index contributed by atoms with van der Waals surface area (Å²) in [6.07, 6.45) is -0.236. The summed E-state index contributed by atoms with van der Waals surface area (Å²) in [6, 6.07) is 5.88. The molecule has 180 valence electrons. The number of hydrogen-bond acceptors (Lipinski definition) is 4. The molecule has 0 aliphatic carbocycles. The zero-order valence-electron chi connectivity index (χ0n) is 21.3. The SMILES string of the molecule is Cc1ccc(C(C(=O)NC(C)(C)C)N(C)C(=O)C(CC(C)C)NC(=O)OC(C)(C)C)cc1. The van der Waals surface area contributed by atoms with Crippen molar-refractivity contribution in [1.29, 1.82) is 0 Å². The summed E-state index contributed by atoms with van der Waals surface area (Å²) < 4.78 is 5.35. The first-order chi connectivity index (χ1) is 14.5. The highest BCUT2D eigenvalue weighted by Gasteiger charge is 2.35. The molecule has 1 aromatic rings. The van der Waals surface area contributed by atoms with Gasteiger partial charge in [0.05, 0.1) is 0 Å². The zero-order valence-corrected chi connectivity index (χ0v) is 21.3. The van der Waals surface area contributed by atoms with Gasteiger partial charge in [0.2, 0.25) is 11.8 Å². The standard InChI is InChI=1S/C25H41N3O4/c1-16(2)15-19(26-23(31)32-25(7,8)9)22(30)28(10)20(21(29)27-24(4,5)6)18-13-11-17(3)12-14-18/h11-14,16,19-20H,15H2,1-10H3,(H,26,31)(H,27,29). The predicted molar refractivity (Wildman–Crippen MR) is 127 cm³/mol. The van der Waals surface area contributed by atoms with E-state index in [0.29, 0.717) is 12.0 Å². The minimum Gasteiger partial charge on any atom is -0.444 e. The Bertz CT molecular complexity index is 789. The largest absolute Gasteiger partial charge is 0.444 e. The first-order valence-corrected chi connectivity index (χ1v) is 11.1. The molecule has 32 heavy (non-hydrogen) atoms. The molecule has 7 heteroatoms. The van der Waals surface area contributed by atoms with Crippen molar-refractivity contribution in [3.05, 3.63) is 35.4 Å². The Hall–Kier alpha value is -2.57. The second-order valence-corrected chi connectivity index (χ2v) is 10.8. The van der Waals surface area contributed by atoms with Gasteiger partial charge in [-0.05, 0) is 66.4 Å². The number of amides is 3. The molecular weight excluding hydrogens is 406 g/mol. The molecule has 2 unspecified atom stereocenters. The third-order valence-electron chi connectivity index (χ3n) is 4.57. The van der Waals surface area contributed by atoms with E-state index in [1.54, 1.807) is 27.8 Å². The van der Waals surface area contributed by atoms with Crippen LogP contribution in [0.25, 0.3) is 0 Å². The van der Waals surface area contributed by atoms with Crippen molar-refractivity contribution in [1.82, 2.24) is 15.5 Å². The highest BCUT2D eigenvalue weighted by Crippen LogP contribution is 2.23. The highest BCUT2D eigenvalue weighted by molar-refractivity contribution is 5.92. The van der Waals surface area contributed by atoms with Crippen molar-refractivity contribution in [2.75, 3.05) is 7.05 Å². The van der Waals surface area contributed by atoms with Crippen LogP contribution in [-0.2, 0) is 14.3 Å². The van der Waals surface area contributed by atoms with Gasteiger partial charge in [0.15, 0.2) is 0 Å². The number of rotatable bonds is 7. The summed E-state index contributed by atoms with van der Waals surface area (Å²) in [5.74, 6) is -0.481. The van der Waals surface area contributed by atoms with Crippen molar-refractivity contribution in [3.8, 4) is 0 Å². The smallest absolute Gasteiger partial charge is 0.408 e. The van der Waals surface area contributed by atoms with E-state index in [1.807, 2.05) is 65.8 Å². The molecule has 0 saturated heterocycles. The van der Waals surface area contributed by atoms with Crippen molar-refractivity contribution >= 4 is 17.9 Å². The van der Waals surface area contributed by atoms with Gasteiger partial charge in [-0.15, -0.1) is 0 Å². The first kappa shape index (κ1) is 27.5. The molecule has 0 spiro atoms. The number of hydrogen-bond donors (Lipinski definition) is 2. The van der Waals surface area contributed by atoms with Gasteiger partial charge in [0, 0.05) is 12.6 Å². The summed E-state index contributed by atoms with van der Waals surface area (Å²) in [5, 5.41) is 5.68. The number of benzene rings is 1. The molecule has 0 radical (unpaired) electrons. The van der Waals surface area contributed by atoms with Crippen molar-refractivity contribution in [2.24, 2.45) is 5.92 Å². The summed E-state index contributed by atoms with van der Waals surface area (Å²) in [5.41, 5.74) is 0.616. The second-order valence-electron chi connectivity index (χ2n) is 10.8. The van der Waals surface area contributed by atoms with Gasteiger partial charge in [-0.3, -0.25) is 9.59 Å². The molecule has 0 bridgehead atoms. The number of nitrogens with zero attached hydrogens (tertiary/aromatic N) is 1. The maximum atomic E-state index is 13.5. The van der Waals surface area contributed by atoms with Crippen LogP contribution < -0.4 is 10.6 Å². The predicted octanol–water partition coefficient (Wildman–Crippen LogP) is 4.35. The van der Waals surface area contributed by atoms with Gasteiger partial charge in [0.1, 0.15) is 17.7 Å². The molecule has 3 amide bonds. The lowest BCUT2D eigenvalue weighted by Crippen LogP contribution is -2.53. The van der Waals surface area contributed by atoms with Crippen LogP contribution in [0.1, 0.15) is 79.0 Å². The molecule has 2 N–H and O–H groups in total. The third kappa shape index (κ3) is 9.28. The van der Waals surface area contributed by atoms with E-state index >= 15 is 0 Å². The second kappa shape index (κ2) is 10.8. The molecule has 1 rings (SSSR count). The Labute approximate surface area is 193 Å². The fourth-order valence-corrected chi connectivity index (χ4v) is 3.25. The highest BCUT2D eigenvalue weighted by atomic mass is 16.6. The molecule has 1 aromatic carbocycles. The van der Waals surface area contributed by atoms with Gasteiger partial charge >= 0.3 is 6.09 Å². The lowest BCUT2D eigenvalue weighted by Gasteiger charge is -2.34. The van der Waals surface area contributed by atoms with E-state index in [9.17, 15) is 14.4 Å². The molecule has 0 aliphatic heterocycles. The normalized spacial score (nSPS) is 13.8. The number of nitrogens with one attached hydrogen (secondary N) is 2. The number of alkyl carbamates (subject to hydrolysis) is 1. The number of ether oxygens (including phenoxy) is 1. The van der Waals surface area contributed by atoms with Gasteiger partial charge in [-0.25, -0.2) is 4.79 Å².